The van der Waals surface area contributed by atoms with Crippen molar-refractivity contribution in [3.8, 4) is 5.75 Å². The highest BCUT2D eigenvalue weighted by atomic mass is 16.5. The summed E-state index contributed by atoms with van der Waals surface area (Å²) in [6.07, 6.45) is 1.29. The normalized spacial score (nSPS) is 13.5. The summed E-state index contributed by atoms with van der Waals surface area (Å²) in [6, 6.07) is 13.4. The van der Waals surface area contributed by atoms with Crippen LogP contribution in [-0.4, -0.2) is 5.91 Å². The first-order valence-corrected chi connectivity index (χ1v) is 6.61. The number of amides is 1. The summed E-state index contributed by atoms with van der Waals surface area (Å²) in [7, 11) is 0. The minimum absolute atomic E-state index is 0.0724. The predicted molar refractivity (Wildman–Crippen MR) is 78.6 cm³/mol. The van der Waals surface area contributed by atoms with Gasteiger partial charge in [-0.05, 0) is 36.2 Å². The highest BCUT2D eigenvalue weighted by Gasteiger charge is 2.15. The molecule has 0 saturated carbocycles. The van der Waals surface area contributed by atoms with Crippen LogP contribution in [0.3, 0.4) is 0 Å². The second kappa shape index (κ2) is 5.25. The zero-order chi connectivity index (χ0) is 13.9. The van der Waals surface area contributed by atoms with E-state index in [1.54, 1.807) is 0 Å². The molecular formula is C16H16N2O2. The van der Waals surface area contributed by atoms with Crippen LogP contribution in [0, 0.1) is 0 Å². The van der Waals surface area contributed by atoms with Gasteiger partial charge >= 0.3 is 0 Å². The molecule has 0 aromatic heterocycles. The van der Waals surface area contributed by atoms with E-state index in [-0.39, 0.29) is 5.91 Å². The molecule has 3 rings (SSSR count). The van der Waals surface area contributed by atoms with Gasteiger partial charge in [0.1, 0.15) is 12.4 Å². The SMILES string of the molecule is Nc1ccccc1COc1ccc2c(c1)CCC(=O)N2. The lowest BCUT2D eigenvalue weighted by atomic mass is 10.0. The molecule has 0 unspecified atom stereocenters. The van der Waals surface area contributed by atoms with Gasteiger partial charge in [-0.3, -0.25) is 4.79 Å². The maximum absolute atomic E-state index is 11.3. The van der Waals surface area contributed by atoms with Gasteiger partial charge in [0.15, 0.2) is 0 Å². The fourth-order valence-corrected chi connectivity index (χ4v) is 2.28. The van der Waals surface area contributed by atoms with E-state index in [2.05, 4.69) is 5.32 Å². The Bertz CT molecular complexity index is 653. The summed E-state index contributed by atoms with van der Waals surface area (Å²) < 4.78 is 5.77. The molecule has 0 spiro atoms. The maximum Gasteiger partial charge on any atom is 0.224 e. The van der Waals surface area contributed by atoms with E-state index in [9.17, 15) is 4.79 Å². The molecule has 2 aromatic carbocycles. The zero-order valence-corrected chi connectivity index (χ0v) is 11.1. The van der Waals surface area contributed by atoms with Gasteiger partial charge in [-0.1, -0.05) is 18.2 Å². The largest absolute Gasteiger partial charge is 0.489 e. The Balaban J connectivity index is 1.73. The fraction of sp³-hybridized carbons (Fsp3) is 0.188. The predicted octanol–water partition coefficient (Wildman–Crippen LogP) is 2.73. The van der Waals surface area contributed by atoms with Gasteiger partial charge in [-0.15, -0.1) is 0 Å². The molecule has 1 heterocycles. The number of ether oxygens (including phenoxy) is 1. The third-order valence-corrected chi connectivity index (χ3v) is 3.42. The number of rotatable bonds is 3. The molecule has 20 heavy (non-hydrogen) atoms. The Morgan fingerprint density at radius 1 is 1.15 bits per heavy atom. The summed E-state index contributed by atoms with van der Waals surface area (Å²) in [5.41, 5.74) is 9.58. The number of anilines is 2. The number of nitrogen functional groups attached to an aromatic ring is 1. The second-order valence-corrected chi connectivity index (χ2v) is 4.85. The van der Waals surface area contributed by atoms with Crippen LogP contribution in [0.15, 0.2) is 42.5 Å². The van der Waals surface area contributed by atoms with Crippen LogP contribution < -0.4 is 15.8 Å². The van der Waals surface area contributed by atoms with E-state index < -0.39 is 0 Å². The van der Waals surface area contributed by atoms with Gasteiger partial charge in [0.05, 0.1) is 0 Å². The van der Waals surface area contributed by atoms with Gasteiger partial charge in [-0.2, -0.15) is 0 Å². The average molecular weight is 268 g/mol. The summed E-state index contributed by atoms with van der Waals surface area (Å²) in [5.74, 6) is 0.867. The summed E-state index contributed by atoms with van der Waals surface area (Å²) >= 11 is 0. The van der Waals surface area contributed by atoms with Crippen molar-refractivity contribution in [3.05, 3.63) is 53.6 Å². The molecule has 0 fully saturated rings. The van der Waals surface area contributed by atoms with Crippen molar-refractivity contribution < 1.29 is 9.53 Å². The Labute approximate surface area is 117 Å². The topological polar surface area (TPSA) is 64.3 Å². The standard InChI is InChI=1S/C16H16N2O2/c17-14-4-2-1-3-12(14)10-20-13-6-7-15-11(9-13)5-8-16(19)18-15/h1-4,6-7,9H,5,8,10,17H2,(H,18,19). The van der Waals surface area contributed by atoms with E-state index in [1.165, 1.54) is 0 Å². The van der Waals surface area contributed by atoms with Crippen LogP contribution in [0.1, 0.15) is 17.5 Å². The van der Waals surface area contributed by atoms with E-state index in [0.29, 0.717) is 13.0 Å². The number of hydrogen-bond acceptors (Lipinski definition) is 3. The first kappa shape index (κ1) is 12.5. The molecule has 0 atom stereocenters. The zero-order valence-electron chi connectivity index (χ0n) is 11.1. The van der Waals surface area contributed by atoms with Crippen LogP contribution in [0.5, 0.6) is 5.75 Å². The molecule has 1 amide bonds. The van der Waals surface area contributed by atoms with E-state index in [1.807, 2.05) is 42.5 Å². The highest BCUT2D eigenvalue weighted by Crippen LogP contribution is 2.27. The minimum atomic E-state index is 0.0724. The molecule has 0 bridgehead atoms. The number of nitrogens with one attached hydrogen (secondary N) is 1. The Hall–Kier alpha value is -2.49. The van der Waals surface area contributed by atoms with Crippen molar-refractivity contribution in [1.29, 1.82) is 0 Å². The van der Waals surface area contributed by atoms with Gasteiger partial charge in [0, 0.05) is 23.4 Å². The van der Waals surface area contributed by atoms with Crippen molar-refractivity contribution >= 4 is 17.3 Å². The Morgan fingerprint density at radius 2 is 2.00 bits per heavy atom. The molecule has 1 aliphatic heterocycles. The number of para-hydroxylation sites is 1. The lowest BCUT2D eigenvalue weighted by molar-refractivity contribution is -0.116. The summed E-state index contributed by atoms with van der Waals surface area (Å²) in [6.45, 7) is 0.442. The van der Waals surface area contributed by atoms with Crippen molar-refractivity contribution in [2.45, 2.75) is 19.4 Å². The lowest BCUT2D eigenvalue weighted by Crippen LogP contribution is -2.18. The smallest absolute Gasteiger partial charge is 0.224 e. The second-order valence-electron chi connectivity index (χ2n) is 4.85. The monoisotopic (exact) mass is 268 g/mol. The molecule has 3 N–H and O–H groups in total. The third-order valence-electron chi connectivity index (χ3n) is 3.42. The highest BCUT2D eigenvalue weighted by molar-refractivity contribution is 5.93. The number of benzene rings is 2. The van der Waals surface area contributed by atoms with Crippen molar-refractivity contribution in [2.24, 2.45) is 0 Å². The van der Waals surface area contributed by atoms with E-state index in [4.69, 9.17) is 10.5 Å². The van der Waals surface area contributed by atoms with Crippen LogP contribution in [0.25, 0.3) is 0 Å². The first-order valence-electron chi connectivity index (χ1n) is 6.61. The van der Waals surface area contributed by atoms with Crippen molar-refractivity contribution in [2.75, 3.05) is 11.1 Å². The molecule has 0 saturated heterocycles. The van der Waals surface area contributed by atoms with Crippen LogP contribution in [0.2, 0.25) is 0 Å². The number of nitrogens with two attached hydrogens (primary N) is 1. The van der Waals surface area contributed by atoms with Crippen LogP contribution >= 0.6 is 0 Å². The molecule has 1 aliphatic rings. The van der Waals surface area contributed by atoms with Gasteiger partial charge < -0.3 is 15.8 Å². The van der Waals surface area contributed by atoms with Crippen LogP contribution in [-0.2, 0) is 17.8 Å². The molecule has 2 aromatic rings. The van der Waals surface area contributed by atoms with Gasteiger partial charge in [0.2, 0.25) is 5.91 Å². The number of hydrogen-bond donors (Lipinski definition) is 2. The fourth-order valence-electron chi connectivity index (χ4n) is 2.28. The van der Waals surface area contributed by atoms with Gasteiger partial charge in [0.25, 0.3) is 0 Å². The first-order chi connectivity index (χ1) is 9.72. The molecule has 4 nitrogen and oxygen atoms in total. The van der Waals surface area contributed by atoms with Crippen molar-refractivity contribution in [1.82, 2.24) is 0 Å². The third kappa shape index (κ3) is 2.59. The molecular weight excluding hydrogens is 252 g/mol. The molecule has 4 heteroatoms. The maximum atomic E-state index is 11.3. The van der Waals surface area contributed by atoms with Crippen molar-refractivity contribution in [3.63, 3.8) is 0 Å². The number of fused-ring (bicyclic) bond motifs is 1. The molecule has 0 aliphatic carbocycles. The number of carbonyl (C=O) groups is 1. The summed E-state index contributed by atoms with van der Waals surface area (Å²) in [5, 5.41) is 2.86. The number of carbonyl (C=O) groups excluding carboxylic acids is 1. The van der Waals surface area contributed by atoms with Crippen LogP contribution in [0.4, 0.5) is 11.4 Å². The van der Waals surface area contributed by atoms with E-state index >= 15 is 0 Å². The lowest BCUT2D eigenvalue weighted by Gasteiger charge is -2.17. The molecule has 102 valence electrons. The molecule has 0 radical (unpaired) electrons. The minimum Gasteiger partial charge on any atom is -0.489 e. The Morgan fingerprint density at radius 3 is 2.85 bits per heavy atom. The quantitative estimate of drug-likeness (QED) is 0.841. The average Bonchev–Trinajstić information content (AvgIpc) is 2.46. The van der Waals surface area contributed by atoms with Gasteiger partial charge in [-0.25, -0.2) is 0 Å². The Kier molecular flexibility index (Phi) is 3.29. The van der Waals surface area contributed by atoms with E-state index in [0.717, 1.165) is 34.7 Å². The summed E-state index contributed by atoms with van der Waals surface area (Å²) in [4.78, 5) is 11.3. The number of aryl methyl sites for hydroxylation is 1.